The van der Waals surface area contributed by atoms with Crippen LogP contribution < -0.4 is 14.7 Å². The Labute approximate surface area is 437 Å². The van der Waals surface area contributed by atoms with E-state index in [1.165, 1.54) is 72.8 Å². The second kappa shape index (κ2) is 25.5. The van der Waals surface area contributed by atoms with Crippen molar-refractivity contribution in [1.29, 1.82) is 0 Å². The number of nitrogens with zero attached hydrogens (tertiary/aromatic N) is 3. The lowest BCUT2D eigenvalue weighted by Crippen LogP contribution is -2.39. The van der Waals surface area contributed by atoms with Crippen LogP contribution in [0, 0.1) is 5.41 Å². The Morgan fingerprint density at radius 2 is 0.600 bits per heavy atom. The Hall–Kier alpha value is -8.46. The highest BCUT2D eigenvalue weighted by atomic mass is 16.6. The number of aromatic hydroxyl groups is 3. The monoisotopic (exact) mass is 1020 g/mol. The Bertz CT molecular complexity index is 2730. The third-order valence-corrected chi connectivity index (χ3v) is 13.5. The molecule has 0 aliphatic rings. The molecule has 0 aromatic heterocycles. The number of ketones is 3. The molecule has 392 valence electrons. The molecule has 0 bridgehead atoms. The number of hydrogen-bond donors (Lipinski definition) is 3. The summed E-state index contributed by atoms with van der Waals surface area (Å²) < 4.78 is 17.8. The van der Waals surface area contributed by atoms with E-state index in [1.54, 1.807) is 61.5 Å². The molecule has 15 nitrogen and oxygen atoms in total. The molecule has 0 radical (unpaired) electrons. The number of carbonyl (C=O) groups is 6. The summed E-state index contributed by atoms with van der Waals surface area (Å²) in [5.74, 6) is -5.58. The number of phenols is 3. The summed E-state index contributed by atoms with van der Waals surface area (Å²) in [5, 5.41) is 33.1. The zero-order chi connectivity index (χ0) is 54.4. The zero-order valence-corrected chi connectivity index (χ0v) is 43.6. The minimum Gasteiger partial charge on any atom is -0.507 e. The first-order valence-corrected chi connectivity index (χ1v) is 25.3. The van der Waals surface area contributed by atoms with Crippen LogP contribution in [0.4, 0.5) is 17.1 Å². The minimum absolute atomic E-state index is 0.0378. The first-order valence-electron chi connectivity index (χ1n) is 25.3. The van der Waals surface area contributed by atoms with E-state index in [1.807, 2.05) is 56.2 Å². The highest BCUT2D eigenvalue weighted by Gasteiger charge is 2.37. The molecule has 0 heterocycles. The van der Waals surface area contributed by atoms with Crippen LogP contribution in [0.2, 0.25) is 0 Å². The molecule has 0 fully saturated rings. The van der Waals surface area contributed by atoms with Gasteiger partial charge in [0.05, 0.1) is 38.8 Å². The van der Waals surface area contributed by atoms with Crippen LogP contribution in [0.1, 0.15) is 134 Å². The summed E-state index contributed by atoms with van der Waals surface area (Å²) in [5.41, 5.74) is -0.0147. The molecule has 0 spiro atoms. The fraction of sp³-hybridized carbons (Fsp3) is 0.300. The fourth-order valence-corrected chi connectivity index (χ4v) is 8.83. The Kier molecular flexibility index (Phi) is 19.0. The fourth-order valence-electron chi connectivity index (χ4n) is 8.83. The van der Waals surface area contributed by atoms with Gasteiger partial charge < -0.3 is 44.2 Å². The van der Waals surface area contributed by atoms with Crippen LogP contribution in [0.25, 0.3) is 0 Å². The molecule has 6 aromatic carbocycles. The maximum atomic E-state index is 14.2. The van der Waals surface area contributed by atoms with Crippen molar-refractivity contribution in [3.05, 3.63) is 177 Å². The van der Waals surface area contributed by atoms with Crippen LogP contribution in [0.3, 0.4) is 0 Å². The van der Waals surface area contributed by atoms with E-state index in [9.17, 15) is 44.1 Å². The molecule has 15 heteroatoms. The predicted octanol–water partition coefficient (Wildman–Crippen LogP) is 10.3. The first kappa shape index (κ1) is 55.8. The summed E-state index contributed by atoms with van der Waals surface area (Å²) in [6, 6.07) is 31.9. The number of hydrogen-bond acceptors (Lipinski definition) is 15. The quantitative estimate of drug-likeness (QED) is 0.0278. The van der Waals surface area contributed by atoms with Crippen LogP contribution in [0.5, 0.6) is 17.2 Å². The highest BCUT2D eigenvalue weighted by Crippen LogP contribution is 2.33. The van der Waals surface area contributed by atoms with Gasteiger partial charge in [0, 0.05) is 91.2 Å². The third kappa shape index (κ3) is 12.7. The lowest BCUT2D eigenvalue weighted by atomic mass is 9.87. The Morgan fingerprint density at radius 1 is 0.360 bits per heavy atom. The number of ether oxygens (including phenoxy) is 3. The molecular weight excluding hydrogens is 955 g/mol. The van der Waals surface area contributed by atoms with E-state index in [0.29, 0.717) is 56.3 Å². The number of rotatable bonds is 25. The lowest BCUT2D eigenvalue weighted by molar-refractivity contribution is -0.0382. The Morgan fingerprint density at radius 3 is 0.813 bits per heavy atom. The Balaban J connectivity index is 1.30. The molecule has 0 unspecified atom stereocenters. The third-order valence-electron chi connectivity index (χ3n) is 13.5. The number of benzene rings is 6. The van der Waals surface area contributed by atoms with Gasteiger partial charge in [-0.15, -0.1) is 0 Å². The van der Waals surface area contributed by atoms with Crippen molar-refractivity contribution in [1.82, 2.24) is 0 Å². The molecular formula is C60H65N3O12. The standard InChI is InChI=1S/C60H65N3O12/c1-8-60(36-73-57(70)45-24-18-15-21-42(45)54(67)48-30-27-39(33-51(48)64)61(9-2)10-3,37-74-58(71)46-25-19-16-22-43(46)55(68)49-31-28-40(34-52(49)65)62(11-4)12-5)38-75-59(72)47-26-20-17-23-44(47)56(69)50-32-29-41(35-53(50)66)63(13-6)14-7/h15-35,64-66H,8-14,36-38H2,1-7H3. The van der Waals surface area contributed by atoms with E-state index in [-0.39, 0.29) is 73.7 Å². The molecule has 0 amide bonds. The van der Waals surface area contributed by atoms with Gasteiger partial charge in [-0.3, -0.25) is 14.4 Å². The van der Waals surface area contributed by atoms with Crippen molar-refractivity contribution in [2.75, 3.05) is 73.8 Å². The van der Waals surface area contributed by atoms with Gasteiger partial charge in [0.1, 0.15) is 37.1 Å². The largest absolute Gasteiger partial charge is 0.507 e. The van der Waals surface area contributed by atoms with E-state index in [2.05, 4.69) is 0 Å². The average Bonchev–Trinajstić information content (AvgIpc) is 3.43. The summed E-state index contributed by atoms with van der Waals surface area (Å²) in [6.45, 7) is 15.9. The SMILES string of the molecule is CCN(CC)c1ccc(C(=O)c2ccccc2C(=O)OCC(CC)(COC(=O)c2ccccc2C(=O)c2ccc(N(CC)CC)cc2O)COC(=O)c2ccccc2C(=O)c2ccc(N(CC)CC)cc2O)c(O)c1. The molecule has 0 saturated carbocycles. The van der Waals surface area contributed by atoms with Gasteiger partial charge in [-0.2, -0.15) is 0 Å². The zero-order valence-electron chi connectivity index (χ0n) is 43.6. The average molecular weight is 1020 g/mol. The molecule has 0 aliphatic carbocycles. The smallest absolute Gasteiger partial charge is 0.338 e. The van der Waals surface area contributed by atoms with Crippen molar-refractivity contribution in [3.63, 3.8) is 0 Å². The summed E-state index contributed by atoms with van der Waals surface area (Å²) in [4.78, 5) is 90.5. The van der Waals surface area contributed by atoms with Crippen molar-refractivity contribution in [3.8, 4) is 17.2 Å². The molecule has 75 heavy (non-hydrogen) atoms. The number of esters is 3. The molecule has 6 rings (SSSR count). The molecule has 6 aromatic rings. The molecule has 3 N–H and O–H groups in total. The van der Waals surface area contributed by atoms with Gasteiger partial charge in [0.25, 0.3) is 0 Å². The number of phenolic OH excluding ortho intramolecular Hbond substituents is 3. The minimum atomic E-state index is -1.48. The van der Waals surface area contributed by atoms with E-state index in [4.69, 9.17) is 14.2 Å². The highest BCUT2D eigenvalue weighted by molar-refractivity contribution is 6.17. The van der Waals surface area contributed by atoms with Gasteiger partial charge in [0.2, 0.25) is 0 Å². The number of anilines is 3. The second-order valence-electron chi connectivity index (χ2n) is 17.8. The maximum Gasteiger partial charge on any atom is 0.338 e. The second-order valence-corrected chi connectivity index (χ2v) is 17.8. The van der Waals surface area contributed by atoms with Crippen molar-refractivity contribution in [2.45, 2.75) is 54.9 Å². The molecule has 0 atom stereocenters. The van der Waals surface area contributed by atoms with E-state index in [0.717, 1.165) is 0 Å². The van der Waals surface area contributed by atoms with Crippen LogP contribution in [-0.2, 0) is 14.2 Å². The molecule has 0 saturated heterocycles. The topological polar surface area (TPSA) is 201 Å². The summed E-state index contributed by atoms with van der Waals surface area (Å²) in [6.07, 6.45) is 0.0643. The van der Waals surface area contributed by atoms with Gasteiger partial charge in [-0.05, 0) is 103 Å². The maximum absolute atomic E-state index is 14.2. The van der Waals surface area contributed by atoms with Crippen molar-refractivity contribution >= 4 is 52.3 Å². The predicted molar refractivity (Wildman–Crippen MR) is 288 cm³/mol. The van der Waals surface area contributed by atoms with Gasteiger partial charge in [-0.25, -0.2) is 14.4 Å². The van der Waals surface area contributed by atoms with Gasteiger partial charge in [-0.1, -0.05) is 61.5 Å². The summed E-state index contributed by atoms with van der Waals surface area (Å²) in [7, 11) is 0. The van der Waals surface area contributed by atoms with Crippen LogP contribution in [0.15, 0.2) is 127 Å². The van der Waals surface area contributed by atoms with Crippen LogP contribution in [-0.4, -0.2) is 110 Å². The molecule has 0 aliphatic heterocycles. The van der Waals surface area contributed by atoms with Crippen molar-refractivity contribution < 1.29 is 58.3 Å². The number of carbonyl (C=O) groups excluding carboxylic acids is 6. The van der Waals surface area contributed by atoms with E-state index < -0.39 is 60.5 Å². The van der Waals surface area contributed by atoms with Crippen molar-refractivity contribution in [2.24, 2.45) is 5.41 Å². The lowest BCUT2D eigenvalue weighted by Gasteiger charge is -2.31. The van der Waals surface area contributed by atoms with Gasteiger partial charge >= 0.3 is 17.9 Å². The van der Waals surface area contributed by atoms with Gasteiger partial charge in [0.15, 0.2) is 17.3 Å². The van der Waals surface area contributed by atoms with Crippen LogP contribution >= 0.6 is 0 Å². The normalized spacial score (nSPS) is 11.1. The van der Waals surface area contributed by atoms with E-state index >= 15 is 0 Å². The first-order chi connectivity index (χ1) is 36.1. The summed E-state index contributed by atoms with van der Waals surface area (Å²) >= 11 is 0.